The molecule has 3 heterocycles. The van der Waals surface area contributed by atoms with Crippen LogP contribution < -0.4 is 5.32 Å². The first-order valence-corrected chi connectivity index (χ1v) is 7.46. The van der Waals surface area contributed by atoms with Crippen molar-refractivity contribution in [3.63, 3.8) is 0 Å². The lowest BCUT2D eigenvalue weighted by Crippen LogP contribution is -2.39. The summed E-state index contributed by atoms with van der Waals surface area (Å²) in [6, 6.07) is 1.20. The van der Waals surface area contributed by atoms with Crippen LogP contribution in [0, 0.1) is 0 Å². The van der Waals surface area contributed by atoms with Crippen LogP contribution in [-0.2, 0) is 9.53 Å². The number of ether oxygens (including phenoxy) is 1. The van der Waals surface area contributed by atoms with Crippen LogP contribution in [0.15, 0.2) is 0 Å². The van der Waals surface area contributed by atoms with Gasteiger partial charge in [0.15, 0.2) is 0 Å². The fraction of sp³-hybridized carbons (Fsp3) is 0.929. The molecule has 3 aliphatic rings. The van der Waals surface area contributed by atoms with Crippen molar-refractivity contribution < 1.29 is 9.53 Å². The van der Waals surface area contributed by atoms with Crippen LogP contribution in [0.2, 0.25) is 0 Å². The van der Waals surface area contributed by atoms with E-state index in [-0.39, 0.29) is 12.4 Å². The molecule has 110 valence electrons. The summed E-state index contributed by atoms with van der Waals surface area (Å²) < 4.78 is 5.58. The molecular weight excluding hydrogens is 264 g/mol. The minimum Gasteiger partial charge on any atom is -0.378 e. The molecule has 3 unspecified atom stereocenters. The SMILES string of the molecule is Cl.O=C(CCC1CCCO1)N1CCC2CCC(C1)N2. The maximum absolute atomic E-state index is 12.2. The summed E-state index contributed by atoms with van der Waals surface area (Å²) in [6.07, 6.45) is 7.88. The third-order valence-corrected chi connectivity index (χ3v) is 4.58. The maximum atomic E-state index is 12.2. The Balaban J connectivity index is 0.00000133. The number of carbonyl (C=O) groups is 1. The Bertz CT molecular complexity index is 308. The molecule has 3 aliphatic heterocycles. The van der Waals surface area contributed by atoms with E-state index >= 15 is 0 Å². The smallest absolute Gasteiger partial charge is 0.222 e. The highest BCUT2D eigenvalue weighted by molar-refractivity contribution is 5.85. The van der Waals surface area contributed by atoms with Gasteiger partial charge in [0.05, 0.1) is 6.10 Å². The lowest BCUT2D eigenvalue weighted by molar-refractivity contribution is -0.132. The summed E-state index contributed by atoms with van der Waals surface area (Å²) in [4.78, 5) is 14.3. The third-order valence-electron chi connectivity index (χ3n) is 4.58. The zero-order valence-electron chi connectivity index (χ0n) is 11.5. The number of nitrogens with zero attached hydrogens (tertiary/aromatic N) is 1. The number of amides is 1. The number of rotatable bonds is 3. The summed E-state index contributed by atoms with van der Waals surface area (Å²) in [5.74, 6) is 0.333. The number of halogens is 1. The van der Waals surface area contributed by atoms with Crippen LogP contribution in [0.3, 0.4) is 0 Å². The molecule has 0 aromatic rings. The van der Waals surface area contributed by atoms with Gasteiger partial charge in [0.2, 0.25) is 5.91 Å². The molecule has 19 heavy (non-hydrogen) atoms. The van der Waals surface area contributed by atoms with E-state index in [9.17, 15) is 4.79 Å². The van der Waals surface area contributed by atoms with Crippen molar-refractivity contribution in [1.82, 2.24) is 10.2 Å². The molecule has 3 atom stereocenters. The van der Waals surface area contributed by atoms with E-state index in [2.05, 4.69) is 10.2 Å². The van der Waals surface area contributed by atoms with Crippen LogP contribution >= 0.6 is 12.4 Å². The standard InChI is InChI=1S/C14H24N2O2.ClH/c17-14(6-5-13-2-1-9-18-13)16-8-7-11-3-4-12(10-16)15-11;/h11-13,15H,1-10H2;1H. The van der Waals surface area contributed by atoms with Gasteiger partial charge in [0.25, 0.3) is 0 Å². The van der Waals surface area contributed by atoms with Gasteiger partial charge in [-0.1, -0.05) is 0 Å². The second-order valence-electron chi connectivity index (χ2n) is 5.94. The van der Waals surface area contributed by atoms with Gasteiger partial charge < -0.3 is 15.0 Å². The molecule has 0 radical (unpaired) electrons. The number of likely N-dealkylation sites (tertiary alicyclic amines) is 1. The van der Waals surface area contributed by atoms with Crippen molar-refractivity contribution in [2.45, 2.75) is 63.1 Å². The second-order valence-corrected chi connectivity index (χ2v) is 5.94. The van der Waals surface area contributed by atoms with E-state index in [4.69, 9.17) is 4.74 Å². The van der Waals surface area contributed by atoms with Crippen molar-refractivity contribution in [3.05, 3.63) is 0 Å². The Labute approximate surface area is 121 Å². The number of nitrogens with one attached hydrogen (secondary N) is 1. The van der Waals surface area contributed by atoms with Gasteiger partial charge in [-0.2, -0.15) is 0 Å². The molecule has 0 spiro atoms. The Kier molecular flexibility index (Phi) is 5.48. The van der Waals surface area contributed by atoms with Crippen molar-refractivity contribution in [2.24, 2.45) is 0 Å². The average Bonchev–Trinajstić information content (AvgIpc) is 2.96. The van der Waals surface area contributed by atoms with E-state index in [0.717, 1.165) is 45.4 Å². The Hall–Kier alpha value is -0.320. The van der Waals surface area contributed by atoms with E-state index in [1.807, 2.05) is 0 Å². The van der Waals surface area contributed by atoms with E-state index in [0.29, 0.717) is 30.5 Å². The molecule has 4 nitrogen and oxygen atoms in total. The summed E-state index contributed by atoms with van der Waals surface area (Å²) in [7, 11) is 0. The van der Waals surface area contributed by atoms with Crippen LogP contribution in [0.25, 0.3) is 0 Å². The zero-order chi connectivity index (χ0) is 12.4. The molecule has 3 fully saturated rings. The monoisotopic (exact) mass is 288 g/mol. The highest BCUT2D eigenvalue weighted by atomic mass is 35.5. The van der Waals surface area contributed by atoms with Crippen LogP contribution in [0.4, 0.5) is 0 Å². The van der Waals surface area contributed by atoms with Crippen LogP contribution in [0.5, 0.6) is 0 Å². The Morgan fingerprint density at radius 2 is 2.05 bits per heavy atom. The average molecular weight is 289 g/mol. The predicted molar refractivity (Wildman–Crippen MR) is 76.6 cm³/mol. The molecular formula is C14H25ClN2O2. The molecule has 5 heteroatoms. The van der Waals surface area contributed by atoms with Gasteiger partial charge in [-0.05, 0) is 38.5 Å². The van der Waals surface area contributed by atoms with Gasteiger partial charge in [0, 0.05) is 38.2 Å². The van der Waals surface area contributed by atoms with E-state index in [1.54, 1.807) is 0 Å². The fourth-order valence-electron chi connectivity index (χ4n) is 3.48. The van der Waals surface area contributed by atoms with Crippen molar-refractivity contribution in [2.75, 3.05) is 19.7 Å². The largest absolute Gasteiger partial charge is 0.378 e. The minimum absolute atomic E-state index is 0. The van der Waals surface area contributed by atoms with Crippen LogP contribution in [0.1, 0.15) is 44.9 Å². The lowest BCUT2D eigenvalue weighted by Gasteiger charge is -2.24. The summed E-state index contributed by atoms with van der Waals surface area (Å²) >= 11 is 0. The first-order chi connectivity index (χ1) is 8.81. The first-order valence-electron chi connectivity index (χ1n) is 7.46. The molecule has 3 rings (SSSR count). The summed E-state index contributed by atoms with van der Waals surface area (Å²) in [5, 5.41) is 3.62. The third kappa shape index (κ3) is 3.83. The molecule has 0 aliphatic carbocycles. The Morgan fingerprint density at radius 3 is 2.84 bits per heavy atom. The molecule has 1 amide bonds. The van der Waals surface area contributed by atoms with E-state index in [1.165, 1.54) is 12.8 Å². The van der Waals surface area contributed by atoms with Gasteiger partial charge >= 0.3 is 0 Å². The van der Waals surface area contributed by atoms with E-state index < -0.39 is 0 Å². The highest BCUT2D eigenvalue weighted by Gasteiger charge is 2.31. The summed E-state index contributed by atoms with van der Waals surface area (Å²) in [5.41, 5.74) is 0. The van der Waals surface area contributed by atoms with Gasteiger partial charge in [-0.3, -0.25) is 4.79 Å². The van der Waals surface area contributed by atoms with Crippen molar-refractivity contribution >= 4 is 18.3 Å². The number of fused-ring (bicyclic) bond motifs is 2. The molecule has 0 aromatic heterocycles. The number of hydrogen-bond acceptors (Lipinski definition) is 3. The highest BCUT2D eigenvalue weighted by Crippen LogP contribution is 2.22. The zero-order valence-corrected chi connectivity index (χ0v) is 12.3. The van der Waals surface area contributed by atoms with Gasteiger partial charge in [-0.25, -0.2) is 0 Å². The normalized spacial score (nSPS) is 33.9. The fourth-order valence-corrected chi connectivity index (χ4v) is 3.48. The van der Waals surface area contributed by atoms with Crippen molar-refractivity contribution in [3.8, 4) is 0 Å². The number of hydrogen-bond donors (Lipinski definition) is 1. The Morgan fingerprint density at radius 1 is 1.21 bits per heavy atom. The topological polar surface area (TPSA) is 41.6 Å². The lowest BCUT2D eigenvalue weighted by atomic mass is 10.1. The molecule has 0 saturated carbocycles. The van der Waals surface area contributed by atoms with Crippen molar-refractivity contribution in [1.29, 1.82) is 0 Å². The summed E-state index contributed by atoms with van der Waals surface area (Å²) in [6.45, 7) is 2.75. The molecule has 1 N–H and O–H groups in total. The molecule has 0 aromatic carbocycles. The van der Waals surface area contributed by atoms with Gasteiger partial charge in [0.1, 0.15) is 0 Å². The second kappa shape index (κ2) is 6.91. The van der Waals surface area contributed by atoms with Gasteiger partial charge in [-0.15, -0.1) is 12.4 Å². The predicted octanol–water partition coefficient (Wildman–Crippen LogP) is 1.72. The number of carbonyl (C=O) groups excluding carboxylic acids is 1. The maximum Gasteiger partial charge on any atom is 0.222 e. The minimum atomic E-state index is 0. The van der Waals surface area contributed by atoms with Crippen LogP contribution in [-0.4, -0.2) is 48.7 Å². The molecule has 3 saturated heterocycles. The molecule has 2 bridgehead atoms. The quantitative estimate of drug-likeness (QED) is 0.860. The first kappa shape index (κ1) is 15.1.